The zero-order valence-corrected chi connectivity index (χ0v) is 10.4. The van der Waals surface area contributed by atoms with Crippen molar-refractivity contribution < 1.29 is 19.5 Å². The second-order valence-electron chi connectivity index (χ2n) is 4.02. The summed E-state index contributed by atoms with van der Waals surface area (Å²) in [6, 6.07) is 8.23. The lowest BCUT2D eigenvalue weighted by atomic mass is 10.2. The number of aromatic nitrogens is 1. The largest absolute Gasteiger partial charge is 0.508 e. The van der Waals surface area contributed by atoms with E-state index >= 15 is 0 Å². The average Bonchev–Trinajstić information content (AvgIpc) is 2.84. The second-order valence-corrected chi connectivity index (χ2v) is 4.02. The summed E-state index contributed by atoms with van der Waals surface area (Å²) in [6.07, 6.45) is 0. The van der Waals surface area contributed by atoms with Gasteiger partial charge in [0.1, 0.15) is 5.75 Å². The molecule has 2 rings (SSSR count). The third kappa shape index (κ3) is 3.04. The molecule has 0 radical (unpaired) electrons. The Morgan fingerprint density at radius 2 is 2.21 bits per heavy atom. The topological polar surface area (TPSA) is 86.8 Å². The minimum Gasteiger partial charge on any atom is -0.508 e. The van der Waals surface area contributed by atoms with Gasteiger partial charge in [-0.3, -0.25) is 0 Å². The number of carboxylic acid groups (broad SMARTS) is 1. The molecule has 100 valence electrons. The van der Waals surface area contributed by atoms with Gasteiger partial charge in [0.25, 0.3) is 0 Å². The van der Waals surface area contributed by atoms with Gasteiger partial charge in [-0.2, -0.15) is 0 Å². The Morgan fingerprint density at radius 3 is 2.79 bits per heavy atom. The number of phenolic OH excluding ortho intramolecular Hbond substituents is 1. The number of carboxylic acids is 1. The lowest BCUT2D eigenvalue weighted by Crippen LogP contribution is -2.21. The van der Waals surface area contributed by atoms with Gasteiger partial charge in [0.15, 0.2) is 11.5 Å². The molecule has 0 unspecified atom stereocenters. The van der Waals surface area contributed by atoms with Crippen molar-refractivity contribution in [3.63, 3.8) is 0 Å². The summed E-state index contributed by atoms with van der Waals surface area (Å²) in [5.74, 6) is -0.474. The van der Waals surface area contributed by atoms with Gasteiger partial charge in [-0.15, -0.1) is 0 Å². The molecule has 6 nitrogen and oxygen atoms in total. The maximum Gasteiger partial charge on any atom is 0.358 e. The van der Waals surface area contributed by atoms with Gasteiger partial charge in [-0.05, 0) is 19.1 Å². The second kappa shape index (κ2) is 5.43. The third-order valence-electron chi connectivity index (χ3n) is 2.70. The van der Waals surface area contributed by atoms with Crippen LogP contribution >= 0.6 is 0 Å². The maximum absolute atomic E-state index is 10.7. The number of carbonyl (C=O) groups is 1. The van der Waals surface area contributed by atoms with Crippen LogP contribution in [0.4, 0.5) is 5.69 Å². The van der Waals surface area contributed by atoms with Crippen LogP contribution in [0, 0.1) is 0 Å². The number of aromatic hydroxyl groups is 1. The SMILES string of the molecule is CCN(Cc1cc(C(=O)O)no1)c1cccc(O)c1. The molecule has 0 aliphatic heterocycles. The first kappa shape index (κ1) is 12.9. The van der Waals surface area contributed by atoms with E-state index in [0.29, 0.717) is 18.8 Å². The summed E-state index contributed by atoms with van der Waals surface area (Å²) in [5, 5.41) is 21.7. The quantitative estimate of drug-likeness (QED) is 0.858. The number of benzene rings is 1. The normalized spacial score (nSPS) is 10.4. The van der Waals surface area contributed by atoms with E-state index in [4.69, 9.17) is 9.63 Å². The smallest absolute Gasteiger partial charge is 0.358 e. The number of hydrogen-bond acceptors (Lipinski definition) is 5. The van der Waals surface area contributed by atoms with Crippen LogP contribution < -0.4 is 4.90 Å². The van der Waals surface area contributed by atoms with E-state index in [0.717, 1.165) is 5.69 Å². The highest BCUT2D eigenvalue weighted by atomic mass is 16.5. The highest BCUT2D eigenvalue weighted by molar-refractivity contribution is 5.85. The molecule has 1 heterocycles. The van der Waals surface area contributed by atoms with Crippen LogP contribution in [0.25, 0.3) is 0 Å². The van der Waals surface area contributed by atoms with Gasteiger partial charge in [-0.25, -0.2) is 4.79 Å². The van der Waals surface area contributed by atoms with Crippen LogP contribution in [-0.4, -0.2) is 27.9 Å². The molecule has 0 atom stereocenters. The van der Waals surface area contributed by atoms with Crippen molar-refractivity contribution >= 4 is 11.7 Å². The van der Waals surface area contributed by atoms with Crippen LogP contribution in [0.2, 0.25) is 0 Å². The van der Waals surface area contributed by atoms with E-state index in [9.17, 15) is 9.90 Å². The minimum atomic E-state index is -1.12. The summed E-state index contributed by atoms with van der Waals surface area (Å²) in [4.78, 5) is 12.7. The minimum absolute atomic E-state index is 0.109. The van der Waals surface area contributed by atoms with Gasteiger partial charge < -0.3 is 19.6 Å². The fraction of sp³-hybridized carbons (Fsp3) is 0.231. The predicted octanol–water partition coefficient (Wildman–Crippen LogP) is 2.10. The summed E-state index contributed by atoms with van der Waals surface area (Å²) >= 11 is 0. The van der Waals surface area contributed by atoms with E-state index in [1.165, 1.54) is 6.07 Å². The first-order valence-electron chi connectivity index (χ1n) is 5.83. The van der Waals surface area contributed by atoms with Gasteiger partial charge >= 0.3 is 5.97 Å². The monoisotopic (exact) mass is 262 g/mol. The molecule has 0 saturated heterocycles. The van der Waals surface area contributed by atoms with Crippen molar-refractivity contribution in [1.82, 2.24) is 5.16 Å². The van der Waals surface area contributed by atoms with Gasteiger partial charge in [-0.1, -0.05) is 11.2 Å². The molecular weight excluding hydrogens is 248 g/mol. The molecule has 2 N–H and O–H groups in total. The van der Waals surface area contributed by atoms with E-state index < -0.39 is 5.97 Å². The highest BCUT2D eigenvalue weighted by Gasteiger charge is 2.13. The van der Waals surface area contributed by atoms with Crippen molar-refractivity contribution in [2.24, 2.45) is 0 Å². The number of phenols is 1. The van der Waals surface area contributed by atoms with Crippen LogP contribution in [0.5, 0.6) is 5.75 Å². The molecule has 0 bridgehead atoms. The van der Waals surface area contributed by atoms with Gasteiger partial charge in [0, 0.05) is 24.4 Å². The molecule has 0 fully saturated rings. The number of rotatable bonds is 5. The zero-order valence-electron chi connectivity index (χ0n) is 10.4. The first-order valence-corrected chi connectivity index (χ1v) is 5.83. The van der Waals surface area contributed by atoms with Crippen molar-refractivity contribution in [1.29, 1.82) is 0 Å². The fourth-order valence-corrected chi connectivity index (χ4v) is 1.75. The number of hydrogen-bond donors (Lipinski definition) is 2. The molecule has 0 amide bonds. The first-order chi connectivity index (χ1) is 9.10. The molecule has 6 heteroatoms. The molecule has 0 spiro atoms. The fourth-order valence-electron chi connectivity index (χ4n) is 1.75. The Kier molecular flexibility index (Phi) is 3.70. The van der Waals surface area contributed by atoms with Gasteiger partial charge in [0.2, 0.25) is 0 Å². The Labute approximate surface area is 109 Å². The molecule has 0 aliphatic rings. The molecule has 2 aromatic rings. The number of anilines is 1. The molecule has 1 aromatic carbocycles. The summed E-state index contributed by atoms with van der Waals surface area (Å²) in [6.45, 7) is 3.03. The third-order valence-corrected chi connectivity index (χ3v) is 2.70. The van der Waals surface area contributed by atoms with Crippen molar-refractivity contribution in [2.75, 3.05) is 11.4 Å². The van der Waals surface area contributed by atoms with Gasteiger partial charge in [0.05, 0.1) is 6.54 Å². The van der Waals surface area contributed by atoms with E-state index in [-0.39, 0.29) is 11.4 Å². The zero-order chi connectivity index (χ0) is 13.8. The summed E-state index contributed by atoms with van der Waals surface area (Å²) in [5.41, 5.74) is 0.720. The number of aromatic carboxylic acids is 1. The highest BCUT2D eigenvalue weighted by Crippen LogP contribution is 2.21. The standard InChI is InChI=1S/C13H14N2O4/c1-2-15(9-4-3-5-10(16)6-9)8-11-7-12(13(17)18)14-19-11/h3-7,16H,2,8H2,1H3,(H,17,18). The molecule has 0 saturated carbocycles. The Hall–Kier alpha value is -2.50. The van der Waals surface area contributed by atoms with E-state index in [2.05, 4.69) is 5.16 Å². The Morgan fingerprint density at radius 1 is 1.42 bits per heavy atom. The summed E-state index contributed by atoms with van der Waals surface area (Å²) in [7, 11) is 0. The Bertz CT molecular complexity index is 580. The lowest BCUT2D eigenvalue weighted by molar-refractivity contribution is 0.0685. The lowest BCUT2D eigenvalue weighted by Gasteiger charge is -2.21. The summed E-state index contributed by atoms with van der Waals surface area (Å²) < 4.78 is 4.97. The van der Waals surface area contributed by atoms with Crippen LogP contribution in [0.1, 0.15) is 23.2 Å². The molecular formula is C13H14N2O4. The van der Waals surface area contributed by atoms with Crippen LogP contribution in [0.15, 0.2) is 34.9 Å². The maximum atomic E-state index is 10.7. The number of nitrogens with zero attached hydrogens (tertiary/aromatic N) is 2. The van der Waals surface area contributed by atoms with Crippen LogP contribution in [-0.2, 0) is 6.54 Å². The molecule has 1 aromatic heterocycles. The average molecular weight is 262 g/mol. The predicted molar refractivity (Wildman–Crippen MR) is 68.3 cm³/mol. The Balaban J connectivity index is 2.16. The van der Waals surface area contributed by atoms with E-state index in [1.54, 1.807) is 18.2 Å². The van der Waals surface area contributed by atoms with Crippen molar-refractivity contribution in [3.05, 3.63) is 41.8 Å². The van der Waals surface area contributed by atoms with Crippen LogP contribution in [0.3, 0.4) is 0 Å². The van der Waals surface area contributed by atoms with Crippen molar-refractivity contribution in [2.45, 2.75) is 13.5 Å². The molecule has 0 aliphatic carbocycles. The van der Waals surface area contributed by atoms with E-state index in [1.807, 2.05) is 17.9 Å². The molecule has 19 heavy (non-hydrogen) atoms. The van der Waals surface area contributed by atoms with Crippen molar-refractivity contribution in [3.8, 4) is 5.75 Å².